The number of aliphatic carboxylic acids is 1. The molecule has 2 aromatic heterocycles. The number of nitrogens with one attached hydrogen (secondary N) is 1. The molecule has 5 rings (SSSR count). The molecule has 9 heteroatoms. The second-order valence-corrected chi connectivity index (χ2v) is 10.1. The average molecular weight is 484 g/mol. The Bertz CT molecular complexity index is 1440. The molecule has 2 atom stereocenters. The number of hydrogen-bond donors (Lipinski definition) is 2. The monoisotopic (exact) mass is 483 g/mol. The van der Waals surface area contributed by atoms with E-state index in [2.05, 4.69) is 10.2 Å². The molecule has 0 amide bonds. The molecule has 1 aliphatic rings. The first-order valence-corrected chi connectivity index (χ1v) is 11.4. The maximum absolute atomic E-state index is 16.2. The lowest BCUT2D eigenvalue weighted by atomic mass is 9.80. The number of carbonyl (C=O) groups is 1. The van der Waals surface area contributed by atoms with Gasteiger partial charge in [-0.05, 0) is 49.2 Å². The zero-order valence-corrected chi connectivity index (χ0v) is 20.0. The summed E-state index contributed by atoms with van der Waals surface area (Å²) in [4.78, 5) is 11.9. The normalized spacial score (nSPS) is 20.8. The minimum absolute atomic E-state index is 0.127. The van der Waals surface area contributed by atoms with Crippen molar-refractivity contribution in [1.82, 2.24) is 14.8 Å². The van der Waals surface area contributed by atoms with Crippen molar-refractivity contribution in [3.8, 4) is 5.69 Å². The van der Waals surface area contributed by atoms with Crippen LogP contribution in [0.15, 0.2) is 36.5 Å². The molecule has 0 aliphatic carbocycles. The van der Waals surface area contributed by atoms with Gasteiger partial charge in [-0.25, -0.2) is 13.6 Å². The van der Waals surface area contributed by atoms with Crippen LogP contribution in [0.5, 0.6) is 0 Å². The maximum atomic E-state index is 16.2. The molecule has 1 aliphatic heterocycles. The van der Waals surface area contributed by atoms with Gasteiger partial charge in [0, 0.05) is 40.6 Å². The zero-order valence-electron chi connectivity index (χ0n) is 20.0. The van der Waals surface area contributed by atoms with Crippen molar-refractivity contribution >= 4 is 27.8 Å². The molecule has 184 valence electrons. The summed E-state index contributed by atoms with van der Waals surface area (Å²) in [5.74, 6) is -2.30. The van der Waals surface area contributed by atoms with Gasteiger partial charge in [-0.3, -0.25) is 5.10 Å². The van der Waals surface area contributed by atoms with Crippen LogP contribution < -0.4 is 0 Å². The van der Waals surface area contributed by atoms with E-state index >= 15 is 4.39 Å². The molecule has 0 unspecified atom stereocenters. The fourth-order valence-electron chi connectivity index (χ4n) is 5.39. The Morgan fingerprint density at radius 1 is 1.34 bits per heavy atom. The number of aromatic amines is 1. The predicted octanol–water partition coefficient (Wildman–Crippen LogP) is 5.06. The highest BCUT2D eigenvalue weighted by atomic mass is 19.1. The lowest BCUT2D eigenvalue weighted by Crippen LogP contribution is -2.34. The maximum Gasteiger partial charge on any atom is 0.335 e. The Hall–Kier alpha value is -3.30. The molecule has 1 saturated heterocycles. The van der Waals surface area contributed by atoms with Crippen molar-refractivity contribution < 1.29 is 28.2 Å². The van der Waals surface area contributed by atoms with Crippen LogP contribution in [0.4, 0.5) is 8.78 Å². The van der Waals surface area contributed by atoms with Gasteiger partial charge in [0.2, 0.25) is 0 Å². The average Bonchev–Trinajstić information content (AvgIpc) is 3.51. The first-order chi connectivity index (χ1) is 16.6. The summed E-state index contributed by atoms with van der Waals surface area (Å²) in [5.41, 5.74) is 0.954. The van der Waals surface area contributed by atoms with Crippen molar-refractivity contribution in [3.05, 3.63) is 59.4 Å². The van der Waals surface area contributed by atoms with E-state index < -0.39 is 22.8 Å². The number of halogens is 2. The standard InChI is InChI=1S/C26H27F2N3O4/c1-25(2,13-34-4)23-19(15-10-26(3,24(32)33)35-12-15)20-18(9-14-11-29-30-22(14)21(20)28)31(23)17-7-5-16(27)6-8-17/h5-9,11,15H,10,12-13H2,1-4H3,(H,29,30)(H,32,33)/t15-,26+/m1/s1. The van der Waals surface area contributed by atoms with Gasteiger partial charge in [-0.1, -0.05) is 13.8 Å². The Morgan fingerprint density at radius 2 is 2.06 bits per heavy atom. The van der Waals surface area contributed by atoms with E-state index in [-0.39, 0.29) is 30.3 Å². The third-order valence-corrected chi connectivity index (χ3v) is 6.98. The summed E-state index contributed by atoms with van der Waals surface area (Å²) in [5, 5.41) is 17.5. The fourth-order valence-corrected chi connectivity index (χ4v) is 5.39. The molecule has 2 aromatic carbocycles. The highest BCUT2D eigenvalue weighted by Gasteiger charge is 2.46. The van der Waals surface area contributed by atoms with Gasteiger partial charge >= 0.3 is 5.97 Å². The van der Waals surface area contributed by atoms with Gasteiger partial charge in [0.1, 0.15) is 11.3 Å². The first kappa shape index (κ1) is 23.4. The molecule has 0 saturated carbocycles. The van der Waals surface area contributed by atoms with Crippen molar-refractivity contribution in [1.29, 1.82) is 0 Å². The van der Waals surface area contributed by atoms with Gasteiger partial charge < -0.3 is 19.1 Å². The Balaban J connectivity index is 1.91. The van der Waals surface area contributed by atoms with Gasteiger partial charge in [-0.2, -0.15) is 5.10 Å². The second kappa shape index (κ2) is 8.13. The van der Waals surface area contributed by atoms with Crippen LogP contribution in [0.1, 0.15) is 44.4 Å². The molecule has 1 fully saturated rings. The highest BCUT2D eigenvalue weighted by Crippen LogP contribution is 2.48. The van der Waals surface area contributed by atoms with Crippen LogP contribution in [-0.4, -0.2) is 51.8 Å². The number of aromatic nitrogens is 3. The summed E-state index contributed by atoms with van der Waals surface area (Å²) in [7, 11) is 1.60. The van der Waals surface area contributed by atoms with E-state index in [4.69, 9.17) is 9.47 Å². The minimum Gasteiger partial charge on any atom is -0.479 e. The zero-order chi connectivity index (χ0) is 25.1. The van der Waals surface area contributed by atoms with E-state index in [1.165, 1.54) is 19.1 Å². The van der Waals surface area contributed by atoms with E-state index in [0.717, 1.165) is 5.69 Å². The van der Waals surface area contributed by atoms with Crippen LogP contribution in [-0.2, 0) is 19.7 Å². The highest BCUT2D eigenvalue weighted by molar-refractivity contribution is 6.00. The van der Waals surface area contributed by atoms with Gasteiger partial charge in [0.15, 0.2) is 11.4 Å². The number of rotatable bonds is 6. The molecule has 35 heavy (non-hydrogen) atoms. The molecule has 7 nitrogen and oxygen atoms in total. The molecule has 0 bridgehead atoms. The number of benzene rings is 2. The van der Waals surface area contributed by atoms with Crippen molar-refractivity contribution in [3.63, 3.8) is 0 Å². The van der Waals surface area contributed by atoms with Crippen molar-refractivity contribution in [2.45, 2.75) is 44.1 Å². The number of carboxylic acids is 1. The van der Waals surface area contributed by atoms with Gasteiger partial charge in [0.25, 0.3) is 0 Å². The lowest BCUT2D eigenvalue weighted by molar-refractivity contribution is -0.157. The van der Waals surface area contributed by atoms with E-state index in [9.17, 15) is 14.3 Å². The van der Waals surface area contributed by atoms with Gasteiger partial charge in [0.05, 0.1) is 24.9 Å². The lowest BCUT2D eigenvalue weighted by Gasteiger charge is -2.29. The largest absolute Gasteiger partial charge is 0.479 e. The molecule has 4 aromatic rings. The Morgan fingerprint density at radius 3 is 2.69 bits per heavy atom. The summed E-state index contributed by atoms with van der Waals surface area (Å²) < 4.78 is 43.2. The van der Waals surface area contributed by atoms with E-state index in [0.29, 0.717) is 34.1 Å². The summed E-state index contributed by atoms with van der Waals surface area (Å²) in [6, 6.07) is 7.87. The number of carboxylic acid groups (broad SMARTS) is 1. The summed E-state index contributed by atoms with van der Waals surface area (Å²) in [6.07, 6.45) is 1.74. The Labute approximate surface area is 200 Å². The number of ether oxygens (including phenoxy) is 2. The summed E-state index contributed by atoms with van der Waals surface area (Å²) in [6.45, 7) is 5.97. The molecule has 2 N–H and O–H groups in total. The van der Waals surface area contributed by atoms with E-state index in [1.54, 1.807) is 25.4 Å². The van der Waals surface area contributed by atoms with Gasteiger partial charge in [-0.15, -0.1) is 0 Å². The van der Waals surface area contributed by atoms with E-state index in [1.807, 2.05) is 24.5 Å². The predicted molar refractivity (Wildman–Crippen MR) is 127 cm³/mol. The third-order valence-electron chi connectivity index (χ3n) is 6.98. The summed E-state index contributed by atoms with van der Waals surface area (Å²) >= 11 is 0. The number of methoxy groups -OCH3 is 1. The Kier molecular flexibility index (Phi) is 5.45. The second-order valence-electron chi connectivity index (χ2n) is 10.1. The molecular formula is C26H27F2N3O4. The molecular weight excluding hydrogens is 456 g/mol. The topological polar surface area (TPSA) is 89.4 Å². The van der Waals surface area contributed by atoms with Crippen molar-refractivity contribution in [2.24, 2.45) is 0 Å². The number of fused-ring (bicyclic) bond motifs is 2. The quantitative estimate of drug-likeness (QED) is 0.400. The molecule has 0 radical (unpaired) electrons. The van der Waals surface area contributed by atoms with Crippen molar-refractivity contribution in [2.75, 3.05) is 20.3 Å². The van der Waals surface area contributed by atoms with Crippen LogP contribution >= 0.6 is 0 Å². The first-order valence-electron chi connectivity index (χ1n) is 11.4. The fraction of sp³-hybridized carbons (Fsp3) is 0.385. The number of H-pyrrole nitrogens is 1. The van der Waals surface area contributed by atoms with Crippen LogP contribution in [0.3, 0.4) is 0 Å². The molecule has 3 heterocycles. The SMILES string of the molecule is COCC(C)(C)c1c([C@H]2CO[C@](C)(C(=O)O)C2)c2c(F)c3[nH]ncc3cc2n1-c1ccc(F)cc1. The molecule has 0 spiro atoms. The number of hydrogen-bond acceptors (Lipinski definition) is 4. The number of nitrogens with zero attached hydrogens (tertiary/aromatic N) is 2. The van der Waals surface area contributed by atoms with Crippen LogP contribution in [0, 0.1) is 11.6 Å². The van der Waals surface area contributed by atoms with Crippen LogP contribution in [0.25, 0.3) is 27.5 Å². The third kappa shape index (κ3) is 3.61. The van der Waals surface area contributed by atoms with Crippen LogP contribution in [0.2, 0.25) is 0 Å². The minimum atomic E-state index is -1.38. The smallest absolute Gasteiger partial charge is 0.335 e.